The number of aromatic amines is 1. The van der Waals surface area contributed by atoms with Crippen LogP contribution in [0, 0.1) is 5.82 Å². The van der Waals surface area contributed by atoms with Crippen molar-refractivity contribution in [2.24, 2.45) is 0 Å². The number of hydrogen-bond acceptors (Lipinski definition) is 7. The van der Waals surface area contributed by atoms with Gasteiger partial charge in [-0.3, -0.25) is 18.9 Å². The molecule has 1 saturated heterocycles. The predicted molar refractivity (Wildman–Crippen MR) is 125 cm³/mol. The summed E-state index contributed by atoms with van der Waals surface area (Å²) in [7, 11) is -4.01. The average molecular weight is 502 g/mol. The lowest BCUT2D eigenvalue weighted by molar-refractivity contribution is 0.0526. The molecule has 0 saturated carbocycles. The number of hydrogen-bond donors (Lipinski definition) is 2. The van der Waals surface area contributed by atoms with Gasteiger partial charge < -0.3 is 10.0 Å². The highest BCUT2D eigenvalue weighted by atomic mass is 32.2. The van der Waals surface area contributed by atoms with Crippen molar-refractivity contribution < 1.29 is 26.9 Å². The van der Waals surface area contributed by atoms with E-state index in [1.807, 2.05) is 0 Å². The van der Waals surface area contributed by atoms with Crippen LogP contribution in [0.25, 0.3) is 0 Å². The standard InChI is InChI=1S/C24H24FN3O6S/c1-35(32,33)34-23(20(15-7-3-2-4-8-15)16-9-5-10-17(25)13-16)18-11-6-12-28(18)24(31)21-22(30)19(29)14-26-27-21/h2-5,7-10,13-14,18,20,23H,6,11-12H2,1H3,(H,26,30)(H,27,29)/t18-,20?,23?/m1/s1. The molecule has 2 N–H and O–H groups in total. The van der Waals surface area contributed by atoms with Crippen molar-refractivity contribution in [3.05, 3.63) is 93.7 Å². The smallest absolute Gasteiger partial charge is 0.276 e. The Hall–Kier alpha value is -3.57. The second-order valence-corrected chi connectivity index (χ2v) is 9.98. The fourth-order valence-corrected chi connectivity index (χ4v) is 5.19. The summed E-state index contributed by atoms with van der Waals surface area (Å²) in [5, 5.41) is 16.1. The van der Waals surface area contributed by atoms with Gasteiger partial charge in [0, 0.05) is 12.5 Å². The molecular formula is C24H24FN3O6S. The van der Waals surface area contributed by atoms with Crippen LogP contribution in [-0.2, 0) is 14.3 Å². The molecule has 0 bridgehead atoms. The number of aromatic nitrogens is 2. The fourth-order valence-electron chi connectivity index (χ4n) is 4.55. The molecule has 4 rings (SSSR count). The zero-order chi connectivity index (χ0) is 25.2. The van der Waals surface area contributed by atoms with E-state index in [0.29, 0.717) is 24.0 Å². The maximum Gasteiger partial charge on any atom is 0.276 e. The van der Waals surface area contributed by atoms with Gasteiger partial charge in [-0.15, -0.1) is 0 Å². The minimum Gasteiger partial charge on any atom is -0.502 e. The van der Waals surface area contributed by atoms with Crippen LogP contribution in [0.1, 0.15) is 40.4 Å². The highest BCUT2D eigenvalue weighted by Gasteiger charge is 2.43. The van der Waals surface area contributed by atoms with Crippen molar-refractivity contribution in [2.45, 2.75) is 30.9 Å². The molecule has 35 heavy (non-hydrogen) atoms. The molecule has 1 fully saturated rings. The average Bonchev–Trinajstić information content (AvgIpc) is 3.30. The second-order valence-electron chi connectivity index (χ2n) is 8.37. The summed E-state index contributed by atoms with van der Waals surface area (Å²) in [6.45, 7) is 0.230. The van der Waals surface area contributed by atoms with Crippen molar-refractivity contribution in [1.82, 2.24) is 15.1 Å². The van der Waals surface area contributed by atoms with E-state index in [1.54, 1.807) is 36.4 Å². The van der Waals surface area contributed by atoms with E-state index < -0.39 is 56.8 Å². The number of nitrogens with zero attached hydrogens (tertiary/aromatic N) is 2. The number of benzene rings is 2. The SMILES string of the molecule is CS(=O)(=O)OC(C(c1ccccc1)c1cccc(F)c1)[C@H]1CCCN1C(=O)c1[nH]ncc(=O)c1O. The van der Waals surface area contributed by atoms with Crippen LogP contribution in [-0.4, -0.2) is 59.5 Å². The van der Waals surface area contributed by atoms with Gasteiger partial charge in [0.05, 0.1) is 18.5 Å². The number of carbonyl (C=O) groups excluding carboxylic acids is 1. The van der Waals surface area contributed by atoms with Gasteiger partial charge >= 0.3 is 0 Å². The van der Waals surface area contributed by atoms with Crippen LogP contribution >= 0.6 is 0 Å². The van der Waals surface area contributed by atoms with E-state index in [2.05, 4.69) is 10.2 Å². The highest BCUT2D eigenvalue weighted by molar-refractivity contribution is 7.86. The maximum atomic E-state index is 14.2. The number of carbonyl (C=O) groups is 1. The van der Waals surface area contributed by atoms with Gasteiger partial charge in [0.1, 0.15) is 11.9 Å². The zero-order valence-corrected chi connectivity index (χ0v) is 19.6. The molecule has 11 heteroatoms. The summed E-state index contributed by atoms with van der Waals surface area (Å²) >= 11 is 0. The molecule has 1 aromatic heterocycles. The Morgan fingerprint density at radius 1 is 1.20 bits per heavy atom. The number of nitrogens with one attached hydrogen (secondary N) is 1. The third-order valence-corrected chi connectivity index (χ3v) is 6.53. The first-order valence-corrected chi connectivity index (χ1v) is 12.7. The zero-order valence-electron chi connectivity index (χ0n) is 18.8. The third-order valence-electron chi connectivity index (χ3n) is 5.96. The summed E-state index contributed by atoms with van der Waals surface area (Å²) in [6.07, 6.45) is 1.55. The molecular weight excluding hydrogens is 477 g/mol. The van der Waals surface area contributed by atoms with Gasteiger partial charge in [0.15, 0.2) is 11.4 Å². The minimum atomic E-state index is -4.01. The lowest BCUT2D eigenvalue weighted by Crippen LogP contribution is -2.47. The predicted octanol–water partition coefficient (Wildman–Crippen LogP) is 2.40. The van der Waals surface area contributed by atoms with Gasteiger partial charge in [0.25, 0.3) is 16.0 Å². The number of rotatable bonds is 7. The molecule has 2 heterocycles. The van der Waals surface area contributed by atoms with Crippen LogP contribution in [0.15, 0.2) is 65.6 Å². The normalized spacial score (nSPS) is 17.8. The van der Waals surface area contributed by atoms with Crippen LogP contribution in [0.5, 0.6) is 5.75 Å². The molecule has 2 unspecified atom stereocenters. The monoisotopic (exact) mass is 501 g/mol. The molecule has 9 nitrogen and oxygen atoms in total. The van der Waals surface area contributed by atoms with Crippen molar-refractivity contribution in [1.29, 1.82) is 0 Å². The second kappa shape index (κ2) is 9.96. The van der Waals surface area contributed by atoms with Gasteiger partial charge in [0.2, 0.25) is 5.43 Å². The van der Waals surface area contributed by atoms with E-state index in [1.165, 1.54) is 23.1 Å². The molecule has 184 valence electrons. The van der Waals surface area contributed by atoms with Crippen LogP contribution in [0.2, 0.25) is 0 Å². The topological polar surface area (TPSA) is 130 Å². The molecule has 0 spiro atoms. The van der Waals surface area contributed by atoms with Crippen molar-refractivity contribution in [2.75, 3.05) is 12.8 Å². The minimum absolute atomic E-state index is 0.230. The summed E-state index contributed by atoms with van der Waals surface area (Å²) in [5.41, 5.74) is -0.0799. The Morgan fingerprint density at radius 2 is 1.91 bits per heavy atom. The molecule has 1 aliphatic heterocycles. The van der Waals surface area contributed by atoms with Gasteiger partial charge in [-0.2, -0.15) is 13.5 Å². The number of aromatic hydroxyl groups is 1. The van der Waals surface area contributed by atoms with Gasteiger partial charge in [-0.1, -0.05) is 42.5 Å². The first-order chi connectivity index (χ1) is 16.7. The largest absolute Gasteiger partial charge is 0.502 e. The number of likely N-dealkylation sites (tertiary alicyclic amines) is 1. The van der Waals surface area contributed by atoms with E-state index in [4.69, 9.17) is 4.18 Å². The molecule has 3 atom stereocenters. The molecule has 1 amide bonds. The molecule has 0 aliphatic carbocycles. The number of H-pyrrole nitrogens is 1. The first kappa shape index (κ1) is 24.6. The molecule has 0 radical (unpaired) electrons. The fraction of sp³-hybridized carbons (Fsp3) is 0.292. The Bertz CT molecular complexity index is 1380. The summed E-state index contributed by atoms with van der Waals surface area (Å²) < 4.78 is 44.6. The maximum absolute atomic E-state index is 14.2. The van der Waals surface area contributed by atoms with Crippen LogP contribution in [0.4, 0.5) is 4.39 Å². The number of amides is 1. The van der Waals surface area contributed by atoms with Crippen molar-refractivity contribution in [3.8, 4) is 5.75 Å². The van der Waals surface area contributed by atoms with Gasteiger partial charge in [-0.05, 0) is 36.1 Å². The first-order valence-electron chi connectivity index (χ1n) is 10.9. The lowest BCUT2D eigenvalue weighted by Gasteiger charge is -2.36. The molecule has 2 aromatic carbocycles. The molecule has 1 aliphatic rings. The van der Waals surface area contributed by atoms with Crippen molar-refractivity contribution in [3.63, 3.8) is 0 Å². The number of halogens is 1. The lowest BCUT2D eigenvalue weighted by atomic mass is 9.82. The third kappa shape index (κ3) is 5.41. The Balaban J connectivity index is 1.83. The van der Waals surface area contributed by atoms with E-state index in [9.17, 15) is 27.5 Å². The van der Waals surface area contributed by atoms with Crippen LogP contribution in [0.3, 0.4) is 0 Å². The van der Waals surface area contributed by atoms with Gasteiger partial charge in [-0.25, -0.2) is 4.39 Å². The van der Waals surface area contributed by atoms with Crippen molar-refractivity contribution >= 4 is 16.0 Å². The Morgan fingerprint density at radius 3 is 2.60 bits per heavy atom. The van der Waals surface area contributed by atoms with E-state index in [0.717, 1.165) is 12.5 Å². The quantitative estimate of drug-likeness (QED) is 0.476. The Labute approximate surface area is 201 Å². The van der Waals surface area contributed by atoms with E-state index >= 15 is 0 Å². The summed E-state index contributed by atoms with van der Waals surface area (Å²) in [4.78, 5) is 26.5. The van der Waals surface area contributed by atoms with Crippen LogP contribution < -0.4 is 5.43 Å². The highest BCUT2D eigenvalue weighted by Crippen LogP contribution is 2.38. The molecule has 3 aromatic rings. The summed E-state index contributed by atoms with van der Waals surface area (Å²) in [5.74, 6) is -2.75. The van der Waals surface area contributed by atoms with E-state index in [-0.39, 0.29) is 6.54 Å². The summed E-state index contributed by atoms with van der Waals surface area (Å²) in [6, 6.07) is 13.9. The Kier molecular flexibility index (Phi) is 6.99.